The van der Waals surface area contributed by atoms with Crippen molar-refractivity contribution in [3.05, 3.63) is 22.7 Å². The standard InChI is InChI=1S/C9H9ClO2S/c1-12-9-6(5-11)7(10)3-4-8(9)13-2/h3-5H,1-2H3. The van der Waals surface area contributed by atoms with Gasteiger partial charge in [-0.05, 0) is 18.4 Å². The number of hydrogen-bond donors (Lipinski definition) is 0. The lowest BCUT2D eigenvalue weighted by Gasteiger charge is -2.09. The average molecular weight is 217 g/mol. The Morgan fingerprint density at radius 1 is 1.54 bits per heavy atom. The van der Waals surface area contributed by atoms with E-state index in [9.17, 15) is 4.79 Å². The molecule has 0 fully saturated rings. The van der Waals surface area contributed by atoms with E-state index in [1.165, 1.54) is 18.9 Å². The van der Waals surface area contributed by atoms with Crippen LogP contribution >= 0.6 is 23.4 Å². The van der Waals surface area contributed by atoms with Crippen LogP contribution < -0.4 is 4.74 Å². The quantitative estimate of drug-likeness (QED) is 0.574. The first kappa shape index (κ1) is 10.4. The molecule has 0 bridgehead atoms. The third kappa shape index (κ3) is 1.98. The van der Waals surface area contributed by atoms with Crippen molar-refractivity contribution in [1.82, 2.24) is 0 Å². The summed E-state index contributed by atoms with van der Waals surface area (Å²) in [5.74, 6) is 0.551. The molecule has 0 aliphatic rings. The Kier molecular flexibility index (Phi) is 3.63. The number of halogens is 1. The maximum Gasteiger partial charge on any atom is 0.155 e. The number of thioether (sulfide) groups is 1. The molecule has 0 unspecified atom stereocenters. The normalized spacial score (nSPS) is 9.77. The monoisotopic (exact) mass is 216 g/mol. The minimum Gasteiger partial charge on any atom is -0.495 e. The number of ether oxygens (including phenoxy) is 1. The largest absolute Gasteiger partial charge is 0.495 e. The van der Waals surface area contributed by atoms with Gasteiger partial charge in [-0.3, -0.25) is 4.79 Å². The van der Waals surface area contributed by atoms with Crippen LogP contribution in [0.4, 0.5) is 0 Å². The third-order valence-corrected chi connectivity index (χ3v) is 2.74. The smallest absolute Gasteiger partial charge is 0.155 e. The van der Waals surface area contributed by atoms with Gasteiger partial charge < -0.3 is 4.74 Å². The van der Waals surface area contributed by atoms with Crippen LogP contribution in [0.15, 0.2) is 17.0 Å². The highest BCUT2D eigenvalue weighted by atomic mass is 35.5. The summed E-state index contributed by atoms with van der Waals surface area (Å²) in [6, 6.07) is 3.53. The molecule has 0 saturated carbocycles. The Bertz CT molecular complexity index is 326. The lowest BCUT2D eigenvalue weighted by molar-refractivity contribution is 0.112. The number of carbonyl (C=O) groups excluding carboxylic acids is 1. The van der Waals surface area contributed by atoms with E-state index in [0.29, 0.717) is 22.6 Å². The number of benzene rings is 1. The summed E-state index contributed by atoms with van der Waals surface area (Å²) in [4.78, 5) is 11.6. The van der Waals surface area contributed by atoms with Gasteiger partial charge in [-0.1, -0.05) is 11.6 Å². The van der Waals surface area contributed by atoms with Crippen LogP contribution in [0.3, 0.4) is 0 Å². The lowest BCUT2D eigenvalue weighted by Crippen LogP contribution is -1.93. The highest BCUT2D eigenvalue weighted by Crippen LogP contribution is 2.34. The van der Waals surface area contributed by atoms with Crippen LogP contribution in [-0.4, -0.2) is 19.7 Å². The van der Waals surface area contributed by atoms with Gasteiger partial charge in [-0.25, -0.2) is 0 Å². The van der Waals surface area contributed by atoms with E-state index in [0.717, 1.165) is 4.90 Å². The average Bonchev–Trinajstić information content (AvgIpc) is 2.17. The van der Waals surface area contributed by atoms with Crippen molar-refractivity contribution in [3.8, 4) is 5.75 Å². The Balaban J connectivity index is 3.36. The van der Waals surface area contributed by atoms with E-state index in [2.05, 4.69) is 0 Å². The molecule has 0 aromatic heterocycles. The van der Waals surface area contributed by atoms with Gasteiger partial charge in [0.25, 0.3) is 0 Å². The third-order valence-electron chi connectivity index (χ3n) is 1.65. The molecule has 0 aliphatic carbocycles. The second kappa shape index (κ2) is 4.53. The summed E-state index contributed by atoms with van der Waals surface area (Å²) in [5.41, 5.74) is 0.413. The molecule has 0 radical (unpaired) electrons. The molecule has 13 heavy (non-hydrogen) atoms. The molecule has 0 heterocycles. The molecule has 0 atom stereocenters. The number of carbonyl (C=O) groups is 1. The fourth-order valence-electron chi connectivity index (χ4n) is 1.04. The number of rotatable bonds is 3. The molecular formula is C9H9ClO2S. The van der Waals surface area contributed by atoms with Crippen molar-refractivity contribution in [2.24, 2.45) is 0 Å². The zero-order valence-electron chi connectivity index (χ0n) is 7.33. The molecule has 0 amide bonds. The van der Waals surface area contributed by atoms with Gasteiger partial charge >= 0.3 is 0 Å². The molecule has 0 saturated heterocycles. The first-order chi connectivity index (χ1) is 6.24. The van der Waals surface area contributed by atoms with Gasteiger partial charge in [0.1, 0.15) is 5.75 Å². The van der Waals surface area contributed by atoms with Crippen LogP contribution in [0.2, 0.25) is 5.02 Å². The van der Waals surface area contributed by atoms with Crippen molar-refractivity contribution in [2.45, 2.75) is 4.90 Å². The van der Waals surface area contributed by atoms with Gasteiger partial charge in [-0.2, -0.15) is 0 Å². The molecule has 0 aliphatic heterocycles. The SMILES string of the molecule is COc1c(SC)ccc(Cl)c1C=O. The molecule has 2 nitrogen and oxygen atoms in total. The highest BCUT2D eigenvalue weighted by molar-refractivity contribution is 7.98. The number of methoxy groups -OCH3 is 1. The zero-order valence-corrected chi connectivity index (χ0v) is 8.91. The van der Waals surface area contributed by atoms with Gasteiger partial charge in [0.05, 0.1) is 17.7 Å². The second-order valence-corrected chi connectivity index (χ2v) is 3.57. The van der Waals surface area contributed by atoms with Crippen molar-refractivity contribution in [2.75, 3.05) is 13.4 Å². The summed E-state index contributed by atoms with van der Waals surface area (Å²) in [7, 11) is 1.53. The van der Waals surface area contributed by atoms with Crippen molar-refractivity contribution < 1.29 is 9.53 Å². The second-order valence-electron chi connectivity index (χ2n) is 2.31. The van der Waals surface area contributed by atoms with E-state index < -0.39 is 0 Å². The Morgan fingerprint density at radius 3 is 2.69 bits per heavy atom. The summed E-state index contributed by atoms with van der Waals surface area (Å²) in [5, 5.41) is 0.421. The molecular weight excluding hydrogens is 208 g/mol. The van der Waals surface area contributed by atoms with Crippen LogP contribution in [0, 0.1) is 0 Å². The molecule has 1 aromatic carbocycles. The Labute approximate surface area is 86.2 Å². The predicted octanol–water partition coefficient (Wildman–Crippen LogP) is 2.88. The van der Waals surface area contributed by atoms with Gasteiger partial charge in [0.2, 0.25) is 0 Å². The molecule has 4 heteroatoms. The van der Waals surface area contributed by atoms with Crippen LogP contribution in [0.1, 0.15) is 10.4 Å². The van der Waals surface area contributed by atoms with Crippen LogP contribution in [0.25, 0.3) is 0 Å². The summed E-state index contributed by atoms with van der Waals surface area (Å²) in [6.45, 7) is 0. The molecule has 0 spiro atoms. The number of aldehydes is 1. The zero-order chi connectivity index (χ0) is 9.84. The first-order valence-corrected chi connectivity index (χ1v) is 5.20. The molecule has 0 N–H and O–H groups in total. The van der Waals surface area contributed by atoms with E-state index in [4.69, 9.17) is 16.3 Å². The fourth-order valence-corrected chi connectivity index (χ4v) is 1.81. The van der Waals surface area contributed by atoms with E-state index >= 15 is 0 Å². The lowest BCUT2D eigenvalue weighted by atomic mass is 10.2. The van der Waals surface area contributed by atoms with Crippen molar-refractivity contribution >= 4 is 29.6 Å². The summed E-state index contributed by atoms with van der Waals surface area (Å²) < 4.78 is 5.10. The summed E-state index contributed by atoms with van der Waals surface area (Å²) >= 11 is 7.33. The van der Waals surface area contributed by atoms with Crippen molar-refractivity contribution in [3.63, 3.8) is 0 Å². The minimum absolute atomic E-state index is 0.413. The van der Waals surface area contributed by atoms with Gasteiger partial charge in [0.15, 0.2) is 6.29 Å². The minimum atomic E-state index is 0.413. The maximum absolute atomic E-state index is 10.7. The Morgan fingerprint density at radius 2 is 2.23 bits per heavy atom. The maximum atomic E-state index is 10.7. The molecule has 70 valence electrons. The van der Waals surface area contributed by atoms with Crippen molar-refractivity contribution in [1.29, 1.82) is 0 Å². The van der Waals surface area contributed by atoms with Crippen LogP contribution in [-0.2, 0) is 0 Å². The van der Waals surface area contributed by atoms with E-state index in [1.54, 1.807) is 6.07 Å². The predicted molar refractivity (Wildman–Crippen MR) is 55.2 cm³/mol. The molecule has 1 aromatic rings. The van der Waals surface area contributed by atoms with Crippen LogP contribution in [0.5, 0.6) is 5.75 Å². The Hall–Kier alpha value is -0.670. The van der Waals surface area contributed by atoms with Gasteiger partial charge in [0, 0.05) is 4.90 Å². The topological polar surface area (TPSA) is 26.3 Å². The van der Waals surface area contributed by atoms with E-state index in [1.807, 2.05) is 12.3 Å². The fraction of sp³-hybridized carbons (Fsp3) is 0.222. The molecule has 1 rings (SSSR count). The highest BCUT2D eigenvalue weighted by Gasteiger charge is 2.11. The van der Waals surface area contributed by atoms with E-state index in [-0.39, 0.29) is 0 Å². The van der Waals surface area contributed by atoms with Gasteiger partial charge in [-0.15, -0.1) is 11.8 Å². The summed E-state index contributed by atoms with van der Waals surface area (Å²) in [6.07, 6.45) is 2.63. The number of hydrogen-bond acceptors (Lipinski definition) is 3. The first-order valence-electron chi connectivity index (χ1n) is 3.60.